The number of aliphatic carboxylic acids is 1. The molecule has 2 saturated heterocycles. The number of carbonyl (C=O) groups is 1. The Morgan fingerprint density at radius 1 is 1.32 bits per heavy atom. The highest BCUT2D eigenvalue weighted by Crippen LogP contribution is 2.28. The molecule has 1 N–H and O–H groups in total. The van der Waals surface area contributed by atoms with Crippen molar-refractivity contribution in [1.82, 2.24) is 24.8 Å². The first kappa shape index (κ1) is 16.4. The van der Waals surface area contributed by atoms with E-state index < -0.39 is 11.5 Å². The van der Waals surface area contributed by atoms with Crippen LogP contribution in [0.3, 0.4) is 0 Å². The summed E-state index contributed by atoms with van der Waals surface area (Å²) in [6.07, 6.45) is 0.575. The zero-order valence-corrected chi connectivity index (χ0v) is 14.4. The molecular weight excluding hydrogens is 322 g/mol. The number of hydrogen-bond acceptors (Lipinski definition) is 6. The smallest absolute Gasteiger partial charge is 0.326 e. The van der Waals surface area contributed by atoms with Crippen LogP contribution in [0.2, 0.25) is 0 Å². The average Bonchev–Trinajstić information content (AvgIpc) is 3.24. The van der Waals surface area contributed by atoms with Gasteiger partial charge in [-0.3, -0.25) is 14.6 Å². The number of aryl methyl sites for hydroxylation is 1. The summed E-state index contributed by atoms with van der Waals surface area (Å²) in [5, 5.41) is 17.9. The number of nitrogens with zero attached hydrogens (tertiary/aromatic N) is 5. The molecule has 0 amide bonds. The van der Waals surface area contributed by atoms with Crippen LogP contribution in [0.5, 0.6) is 0 Å². The molecule has 0 radical (unpaired) electrons. The van der Waals surface area contributed by atoms with E-state index in [2.05, 4.69) is 38.3 Å². The number of fused-ring (bicyclic) bond motifs is 1. The molecule has 8 heteroatoms. The van der Waals surface area contributed by atoms with Crippen molar-refractivity contribution in [1.29, 1.82) is 0 Å². The van der Waals surface area contributed by atoms with Crippen molar-refractivity contribution in [3.63, 3.8) is 0 Å². The van der Waals surface area contributed by atoms with E-state index in [-0.39, 0.29) is 0 Å². The predicted molar refractivity (Wildman–Crippen MR) is 91.2 cm³/mol. The Kier molecular flexibility index (Phi) is 4.18. The van der Waals surface area contributed by atoms with Crippen molar-refractivity contribution < 1.29 is 14.6 Å². The second kappa shape index (κ2) is 6.36. The highest BCUT2D eigenvalue weighted by molar-refractivity contribution is 5.79. The van der Waals surface area contributed by atoms with Crippen molar-refractivity contribution in [2.24, 2.45) is 7.05 Å². The monoisotopic (exact) mass is 345 g/mol. The van der Waals surface area contributed by atoms with Crippen molar-refractivity contribution in [2.75, 3.05) is 39.4 Å². The zero-order valence-electron chi connectivity index (χ0n) is 14.4. The van der Waals surface area contributed by atoms with Crippen molar-refractivity contribution in [3.8, 4) is 0 Å². The minimum absolute atomic E-state index is 0.297. The molecule has 8 nitrogen and oxygen atoms in total. The van der Waals surface area contributed by atoms with Gasteiger partial charge in [-0.1, -0.05) is 11.3 Å². The van der Waals surface area contributed by atoms with Gasteiger partial charge in [0.2, 0.25) is 0 Å². The molecule has 2 fully saturated rings. The Morgan fingerprint density at radius 3 is 2.80 bits per heavy atom. The van der Waals surface area contributed by atoms with Crippen LogP contribution in [0.1, 0.15) is 12.0 Å². The fourth-order valence-electron chi connectivity index (χ4n) is 3.88. The number of carboxylic acids is 1. The van der Waals surface area contributed by atoms with Gasteiger partial charge < -0.3 is 9.84 Å². The third-order valence-electron chi connectivity index (χ3n) is 5.46. The van der Waals surface area contributed by atoms with Crippen LogP contribution in [0.15, 0.2) is 18.2 Å². The second-order valence-corrected chi connectivity index (χ2v) is 6.94. The SMILES string of the molecule is Cn1nnc2cc(CN3CCN(C4(C(=O)O)CCOC4)CC3)ccc21. The van der Waals surface area contributed by atoms with Crippen LogP contribution in [0.25, 0.3) is 11.0 Å². The van der Waals surface area contributed by atoms with Gasteiger partial charge in [0.15, 0.2) is 0 Å². The van der Waals surface area contributed by atoms with Crippen LogP contribution >= 0.6 is 0 Å². The number of hydrogen-bond donors (Lipinski definition) is 1. The molecule has 4 rings (SSSR count). The highest BCUT2D eigenvalue weighted by atomic mass is 16.5. The number of benzene rings is 1. The lowest BCUT2D eigenvalue weighted by Gasteiger charge is -2.42. The largest absolute Gasteiger partial charge is 0.480 e. The van der Waals surface area contributed by atoms with Gasteiger partial charge in [-0.2, -0.15) is 0 Å². The molecule has 25 heavy (non-hydrogen) atoms. The lowest BCUT2D eigenvalue weighted by Crippen LogP contribution is -2.61. The van der Waals surface area contributed by atoms with Crippen LogP contribution in [0, 0.1) is 0 Å². The molecule has 2 aliphatic rings. The van der Waals surface area contributed by atoms with Gasteiger partial charge in [0.05, 0.1) is 12.1 Å². The zero-order chi connectivity index (χ0) is 17.4. The highest BCUT2D eigenvalue weighted by Gasteiger charge is 2.48. The molecule has 1 aromatic carbocycles. The van der Waals surface area contributed by atoms with Gasteiger partial charge in [-0.15, -0.1) is 5.10 Å². The Bertz CT molecular complexity index is 776. The van der Waals surface area contributed by atoms with Gasteiger partial charge in [0.25, 0.3) is 0 Å². The lowest BCUT2D eigenvalue weighted by molar-refractivity contribution is -0.153. The van der Waals surface area contributed by atoms with E-state index in [0.29, 0.717) is 19.6 Å². The number of carboxylic acid groups (broad SMARTS) is 1. The summed E-state index contributed by atoms with van der Waals surface area (Å²) < 4.78 is 7.16. The molecule has 0 bridgehead atoms. The normalized spacial score (nSPS) is 25.6. The molecular formula is C17H23N5O3. The van der Waals surface area contributed by atoms with Crippen molar-refractivity contribution in [2.45, 2.75) is 18.5 Å². The van der Waals surface area contributed by atoms with E-state index in [0.717, 1.165) is 43.8 Å². The van der Waals surface area contributed by atoms with Crippen LogP contribution in [-0.2, 0) is 23.1 Å². The maximum Gasteiger partial charge on any atom is 0.326 e. The molecule has 0 saturated carbocycles. The third kappa shape index (κ3) is 2.90. The summed E-state index contributed by atoms with van der Waals surface area (Å²) >= 11 is 0. The third-order valence-corrected chi connectivity index (χ3v) is 5.46. The topological polar surface area (TPSA) is 83.7 Å². The van der Waals surface area contributed by atoms with Crippen LogP contribution in [0.4, 0.5) is 0 Å². The molecule has 2 aromatic rings. The van der Waals surface area contributed by atoms with E-state index in [9.17, 15) is 9.90 Å². The number of piperazine rings is 1. The van der Waals surface area contributed by atoms with Gasteiger partial charge in [-0.05, 0) is 17.7 Å². The first-order chi connectivity index (χ1) is 12.1. The average molecular weight is 345 g/mol. The summed E-state index contributed by atoms with van der Waals surface area (Å²) in [4.78, 5) is 16.2. The molecule has 134 valence electrons. The summed E-state index contributed by atoms with van der Waals surface area (Å²) in [6, 6.07) is 6.25. The van der Waals surface area contributed by atoms with E-state index >= 15 is 0 Å². The quantitative estimate of drug-likeness (QED) is 0.855. The van der Waals surface area contributed by atoms with Crippen molar-refractivity contribution >= 4 is 17.0 Å². The first-order valence-electron chi connectivity index (χ1n) is 8.65. The lowest BCUT2D eigenvalue weighted by atomic mass is 9.95. The molecule has 0 spiro atoms. The van der Waals surface area contributed by atoms with Gasteiger partial charge >= 0.3 is 5.97 Å². The fraction of sp³-hybridized carbons (Fsp3) is 0.588. The summed E-state index contributed by atoms with van der Waals surface area (Å²) in [7, 11) is 1.89. The van der Waals surface area contributed by atoms with E-state index in [1.807, 2.05) is 7.05 Å². The summed E-state index contributed by atoms with van der Waals surface area (Å²) in [5.41, 5.74) is 2.31. The number of ether oxygens (including phenoxy) is 1. The fourth-order valence-corrected chi connectivity index (χ4v) is 3.88. The Hall–Kier alpha value is -2.03. The molecule has 3 heterocycles. The molecule has 1 atom stereocenters. The van der Waals surface area contributed by atoms with E-state index in [1.165, 1.54) is 5.56 Å². The van der Waals surface area contributed by atoms with Gasteiger partial charge in [0, 0.05) is 52.8 Å². The van der Waals surface area contributed by atoms with Gasteiger partial charge in [0.1, 0.15) is 11.1 Å². The first-order valence-corrected chi connectivity index (χ1v) is 8.65. The van der Waals surface area contributed by atoms with Crippen LogP contribution < -0.4 is 0 Å². The second-order valence-electron chi connectivity index (χ2n) is 6.94. The summed E-state index contributed by atoms with van der Waals surface area (Å²) in [6.45, 7) is 4.89. The van der Waals surface area contributed by atoms with Gasteiger partial charge in [-0.25, -0.2) is 4.68 Å². The Morgan fingerprint density at radius 2 is 2.12 bits per heavy atom. The molecule has 1 unspecified atom stereocenters. The standard InChI is InChI=1S/C17H23N5O3/c1-20-15-3-2-13(10-14(15)18-19-20)11-21-5-7-22(8-6-21)17(16(23)24)4-9-25-12-17/h2-3,10H,4-9,11-12H2,1H3,(H,23,24). The van der Waals surface area contributed by atoms with E-state index in [4.69, 9.17) is 4.74 Å². The molecule has 2 aliphatic heterocycles. The minimum atomic E-state index is -0.829. The number of rotatable bonds is 4. The maximum absolute atomic E-state index is 11.8. The Balaban J connectivity index is 1.40. The summed E-state index contributed by atoms with van der Waals surface area (Å²) in [5.74, 6) is -0.758. The van der Waals surface area contributed by atoms with Crippen LogP contribution in [-0.4, -0.2) is 80.8 Å². The number of aromatic nitrogens is 3. The minimum Gasteiger partial charge on any atom is -0.480 e. The van der Waals surface area contributed by atoms with E-state index in [1.54, 1.807) is 4.68 Å². The Labute approximate surface area is 146 Å². The molecule has 0 aliphatic carbocycles. The molecule has 1 aromatic heterocycles. The van der Waals surface area contributed by atoms with Crippen molar-refractivity contribution in [3.05, 3.63) is 23.8 Å². The predicted octanol–water partition coefficient (Wildman–Crippen LogP) is 0.330. The maximum atomic E-state index is 11.8.